The molecule has 0 aliphatic heterocycles. The van der Waals surface area contributed by atoms with Gasteiger partial charge in [0.05, 0.1) is 0 Å². The van der Waals surface area contributed by atoms with E-state index >= 15 is 0 Å². The first-order valence-corrected chi connectivity index (χ1v) is 8.61. The van der Waals surface area contributed by atoms with Gasteiger partial charge < -0.3 is 9.40 Å². The Balaban J connectivity index is 1.87. The molecule has 0 aliphatic carbocycles. The third-order valence-electron chi connectivity index (χ3n) is 4.17. The van der Waals surface area contributed by atoms with Crippen LogP contribution in [0.5, 0.6) is 0 Å². The molecule has 1 unspecified atom stereocenters. The van der Waals surface area contributed by atoms with Crippen molar-refractivity contribution in [3.63, 3.8) is 0 Å². The second-order valence-electron chi connectivity index (χ2n) is 7.19. The predicted molar refractivity (Wildman–Crippen MR) is 89.2 cm³/mol. The fourth-order valence-electron chi connectivity index (χ4n) is 2.91. The van der Waals surface area contributed by atoms with Gasteiger partial charge in [0.1, 0.15) is 11.6 Å². The third kappa shape index (κ3) is 5.15. The third-order valence-corrected chi connectivity index (χ3v) is 4.17. The summed E-state index contributed by atoms with van der Waals surface area (Å²) < 4.78 is 5.87. The van der Waals surface area contributed by atoms with Gasteiger partial charge in [-0.05, 0) is 32.1 Å². The zero-order valence-corrected chi connectivity index (χ0v) is 15.0. The molecule has 0 amide bonds. The molecule has 0 bridgehead atoms. The lowest BCUT2D eigenvalue weighted by molar-refractivity contribution is 0.289. The average molecular weight is 319 g/mol. The first kappa shape index (κ1) is 17.6. The highest BCUT2D eigenvalue weighted by Crippen LogP contribution is 2.31. The van der Waals surface area contributed by atoms with Crippen LogP contribution in [0.2, 0.25) is 0 Å². The first-order chi connectivity index (χ1) is 10.9. The van der Waals surface area contributed by atoms with Crippen molar-refractivity contribution in [3.8, 4) is 0 Å². The maximum Gasteiger partial charge on any atom is 0.222 e. The van der Waals surface area contributed by atoms with Crippen molar-refractivity contribution < 1.29 is 4.42 Å². The number of rotatable bonds is 9. The molecule has 0 fully saturated rings. The largest absolute Gasteiger partial charge is 0.425 e. The van der Waals surface area contributed by atoms with Crippen LogP contribution in [0.1, 0.15) is 76.8 Å². The molecule has 6 heteroatoms. The van der Waals surface area contributed by atoms with Crippen LogP contribution in [0.15, 0.2) is 4.42 Å². The van der Waals surface area contributed by atoms with E-state index < -0.39 is 0 Å². The summed E-state index contributed by atoms with van der Waals surface area (Å²) in [6.45, 7) is 10.7. The standard InChI is InChI=1S/C17H29N5O/c1-6-7-8-15-21-22-16(23-15)17(4,5)11-12(2)9-10-14-18-13(3)19-20-14/h12H,6-11H2,1-5H3,(H,18,19,20). The van der Waals surface area contributed by atoms with Gasteiger partial charge in [-0.1, -0.05) is 34.1 Å². The van der Waals surface area contributed by atoms with Gasteiger partial charge in [0.2, 0.25) is 11.8 Å². The fourth-order valence-corrected chi connectivity index (χ4v) is 2.91. The van der Waals surface area contributed by atoms with E-state index in [1.54, 1.807) is 0 Å². The van der Waals surface area contributed by atoms with Crippen LogP contribution >= 0.6 is 0 Å². The van der Waals surface area contributed by atoms with Gasteiger partial charge in [0.25, 0.3) is 0 Å². The molecule has 0 spiro atoms. The molecule has 2 aromatic rings. The van der Waals surface area contributed by atoms with Crippen molar-refractivity contribution in [2.24, 2.45) is 5.92 Å². The molecule has 2 rings (SSSR count). The summed E-state index contributed by atoms with van der Waals surface area (Å²) in [6.07, 6.45) is 6.10. The van der Waals surface area contributed by atoms with Crippen molar-refractivity contribution in [1.82, 2.24) is 25.4 Å². The van der Waals surface area contributed by atoms with Gasteiger partial charge in [-0.25, -0.2) is 0 Å². The summed E-state index contributed by atoms with van der Waals surface area (Å²) in [5.41, 5.74) is -0.103. The van der Waals surface area contributed by atoms with Gasteiger partial charge >= 0.3 is 0 Å². The first-order valence-electron chi connectivity index (χ1n) is 8.61. The van der Waals surface area contributed by atoms with Gasteiger partial charge in [0, 0.05) is 18.3 Å². The quantitative estimate of drug-likeness (QED) is 0.761. The summed E-state index contributed by atoms with van der Waals surface area (Å²) in [6, 6.07) is 0. The molecule has 128 valence electrons. The Labute approximate surface area is 138 Å². The van der Waals surface area contributed by atoms with Gasteiger partial charge in [-0.3, -0.25) is 0 Å². The molecular formula is C17H29N5O. The lowest BCUT2D eigenvalue weighted by atomic mass is 9.81. The Bertz CT molecular complexity index is 602. The fraction of sp³-hybridized carbons (Fsp3) is 0.765. The van der Waals surface area contributed by atoms with E-state index in [1.807, 2.05) is 6.92 Å². The van der Waals surface area contributed by atoms with E-state index in [0.29, 0.717) is 5.92 Å². The maximum atomic E-state index is 5.87. The lowest BCUT2D eigenvalue weighted by Crippen LogP contribution is -2.21. The Morgan fingerprint density at radius 2 is 1.91 bits per heavy atom. The minimum absolute atomic E-state index is 0.103. The molecule has 0 saturated heterocycles. The number of aromatic nitrogens is 5. The molecule has 1 N–H and O–H groups in total. The number of hydrogen-bond acceptors (Lipinski definition) is 5. The molecule has 0 aromatic carbocycles. The highest BCUT2D eigenvalue weighted by Gasteiger charge is 2.29. The number of aromatic amines is 1. The molecule has 23 heavy (non-hydrogen) atoms. The number of hydrogen-bond donors (Lipinski definition) is 1. The second kappa shape index (κ2) is 7.70. The summed E-state index contributed by atoms with van der Waals surface area (Å²) in [5, 5.41) is 16.6. The van der Waals surface area contributed by atoms with Crippen LogP contribution < -0.4 is 0 Å². The van der Waals surface area contributed by atoms with Gasteiger partial charge in [-0.15, -0.1) is 20.4 Å². The van der Waals surface area contributed by atoms with E-state index in [-0.39, 0.29) is 5.41 Å². The minimum Gasteiger partial charge on any atom is -0.425 e. The molecule has 2 heterocycles. The topological polar surface area (TPSA) is 80.5 Å². The van der Waals surface area contributed by atoms with E-state index in [0.717, 1.165) is 62.0 Å². The molecular weight excluding hydrogens is 290 g/mol. The summed E-state index contributed by atoms with van der Waals surface area (Å²) in [7, 11) is 0. The van der Waals surface area contributed by atoms with E-state index in [9.17, 15) is 0 Å². The van der Waals surface area contributed by atoms with Gasteiger partial charge in [0.15, 0.2) is 0 Å². The summed E-state index contributed by atoms with van der Waals surface area (Å²) >= 11 is 0. The number of unbranched alkanes of at least 4 members (excludes halogenated alkanes) is 1. The smallest absolute Gasteiger partial charge is 0.222 e. The molecule has 2 aromatic heterocycles. The number of H-pyrrole nitrogens is 1. The van der Waals surface area contributed by atoms with Crippen molar-refractivity contribution in [2.75, 3.05) is 0 Å². The van der Waals surface area contributed by atoms with Gasteiger partial charge in [-0.2, -0.15) is 0 Å². The average Bonchev–Trinajstić information content (AvgIpc) is 3.12. The lowest BCUT2D eigenvalue weighted by Gasteiger charge is -2.24. The van der Waals surface area contributed by atoms with E-state index in [2.05, 4.69) is 53.1 Å². The number of nitrogens with one attached hydrogen (secondary N) is 1. The zero-order valence-electron chi connectivity index (χ0n) is 15.0. The predicted octanol–water partition coefficient (Wildman–Crippen LogP) is 3.78. The van der Waals surface area contributed by atoms with Crippen molar-refractivity contribution in [2.45, 2.75) is 78.6 Å². The van der Waals surface area contributed by atoms with Crippen molar-refractivity contribution in [3.05, 3.63) is 23.4 Å². The normalized spacial score (nSPS) is 13.4. The van der Waals surface area contributed by atoms with Crippen molar-refractivity contribution >= 4 is 0 Å². The highest BCUT2D eigenvalue weighted by molar-refractivity contribution is 5.00. The molecule has 0 radical (unpaired) electrons. The Morgan fingerprint density at radius 3 is 2.57 bits per heavy atom. The highest BCUT2D eigenvalue weighted by atomic mass is 16.4. The monoisotopic (exact) mass is 319 g/mol. The van der Waals surface area contributed by atoms with Crippen LogP contribution in [0.3, 0.4) is 0 Å². The molecule has 1 atom stereocenters. The van der Waals surface area contributed by atoms with Crippen LogP contribution in [-0.2, 0) is 18.3 Å². The SMILES string of the molecule is CCCCc1nnc(C(C)(C)CC(C)CCc2nnc(C)[nH]2)o1. The van der Waals surface area contributed by atoms with Crippen LogP contribution in [0, 0.1) is 12.8 Å². The van der Waals surface area contributed by atoms with Crippen LogP contribution in [-0.4, -0.2) is 25.4 Å². The Kier molecular flexibility index (Phi) is 5.91. The molecule has 0 aliphatic rings. The second-order valence-corrected chi connectivity index (χ2v) is 7.19. The van der Waals surface area contributed by atoms with E-state index in [4.69, 9.17) is 4.42 Å². The molecule has 0 saturated carbocycles. The zero-order chi connectivity index (χ0) is 16.9. The minimum atomic E-state index is -0.103. The number of nitrogens with zero attached hydrogens (tertiary/aromatic N) is 4. The van der Waals surface area contributed by atoms with Crippen molar-refractivity contribution in [1.29, 1.82) is 0 Å². The summed E-state index contributed by atoms with van der Waals surface area (Å²) in [4.78, 5) is 3.19. The Morgan fingerprint density at radius 1 is 1.13 bits per heavy atom. The Hall–Kier alpha value is -1.72. The summed E-state index contributed by atoms with van der Waals surface area (Å²) in [5.74, 6) is 3.90. The number of aryl methyl sites for hydroxylation is 3. The maximum absolute atomic E-state index is 5.87. The van der Waals surface area contributed by atoms with E-state index in [1.165, 1.54) is 0 Å². The van der Waals surface area contributed by atoms with Crippen LogP contribution in [0.25, 0.3) is 0 Å². The van der Waals surface area contributed by atoms with Crippen LogP contribution in [0.4, 0.5) is 0 Å². The molecule has 6 nitrogen and oxygen atoms in total.